The summed E-state index contributed by atoms with van der Waals surface area (Å²) in [4.78, 5) is 3.96. The molecule has 1 aromatic heterocycles. The van der Waals surface area contributed by atoms with E-state index in [4.69, 9.17) is 10.5 Å². The molecule has 0 saturated heterocycles. The van der Waals surface area contributed by atoms with E-state index < -0.39 is 0 Å². The summed E-state index contributed by atoms with van der Waals surface area (Å²) in [5, 5.41) is 0. The van der Waals surface area contributed by atoms with Gasteiger partial charge in [-0.15, -0.1) is 0 Å². The van der Waals surface area contributed by atoms with Gasteiger partial charge in [-0.3, -0.25) is 0 Å². The predicted octanol–water partition coefficient (Wildman–Crippen LogP) is 3.91. The Bertz CT molecular complexity index is 709. The van der Waals surface area contributed by atoms with E-state index in [0.717, 1.165) is 11.3 Å². The molecule has 3 heteroatoms. The number of rotatable bonds is 4. The number of hydrogen-bond acceptors (Lipinski definition) is 3. The number of benzene rings is 2. The van der Waals surface area contributed by atoms with Crippen LogP contribution in [0.5, 0.6) is 5.75 Å². The van der Waals surface area contributed by atoms with Crippen LogP contribution in [0.25, 0.3) is 11.1 Å². The Morgan fingerprint density at radius 1 is 0.857 bits per heavy atom. The fourth-order valence-corrected chi connectivity index (χ4v) is 2.13. The van der Waals surface area contributed by atoms with Crippen LogP contribution in [0.3, 0.4) is 0 Å². The molecule has 1 heterocycles. The summed E-state index contributed by atoms with van der Waals surface area (Å²) >= 11 is 0. The number of nitrogens with zero attached hydrogens (tertiary/aromatic N) is 1. The highest BCUT2D eigenvalue weighted by atomic mass is 16.5. The normalized spacial score (nSPS) is 10.3. The van der Waals surface area contributed by atoms with Gasteiger partial charge in [-0.25, -0.2) is 4.98 Å². The second-order valence-corrected chi connectivity index (χ2v) is 4.77. The van der Waals surface area contributed by atoms with Gasteiger partial charge >= 0.3 is 0 Å². The van der Waals surface area contributed by atoms with Gasteiger partial charge in [-0.05, 0) is 41.0 Å². The minimum Gasteiger partial charge on any atom is -0.489 e. The summed E-state index contributed by atoms with van der Waals surface area (Å²) in [5.41, 5.74) is 9.03. The first-order valence-corrected chi connectivity index (χ1v) is 6.80. The van der Waals surface area contributed by atoms with E-state index in [1.807, 2.05) is 42.5 Å². The third-order valence-corrected chi connectivity index (χ3v) is 3.21. The zero-order valence-corrected chi connectivity index (χ0v) is 11.6. The number of nitrogen functional groups attached to an aromatic ring is 1. The second-order valence-electron chi connectivity index (χ2n) is 4.77. The molecule has 0 radical (unpaired) electrons. The first-order valence-electron chi connectivity index (χ1n) is 6.80. The van der Waals surface area contributed by atoms with Crippen molar-refractivity contribution < 1.29 is 4.74 Å². The smallest absolute Gasteiger partial charge is 0.123 e. The molecule has 21 heavy (non-hydrogen) atoms. The third-order valence-electron chi connectivity index (χ3n) is 3.21. The van der Waals surface area contributed by atoms with Gasteiger partial charge in [0, 0.05) is 6.20 Å². The van der Waals surface area contributed by atoms with Crippen molar-refractivity contribution >= 4 is 5.82 Å². The lowest BCUT2D eigenvalue weighted by molar-refractivity contribution is 0.306. The van der Waals surface area contributed by atoms with Crippen LogP contribution >= 0.6 is 0 Å². The van der Waals surface area contributed by atoms with E-state index in [1.165, 1.54) is 11.1 Å². The minimum atomic E-state index is 0.484. The van der Waals surface area contributed by atoms with Crippen molar-refractivity contribution in [3.05, 3.63) is 78.5 Å². The number of pyridine rings is 1. The average Bonchev–Trinajstić information content (AvgIpc) is 2.54. The molecule has 3 aromatic rings. The number of anilines is 1. The Hall–Kier alpha value is -2.81. The van der Waals surface area contributed by atoms with Crippen molar-refractivity contribution in [2.24, 2.45) is 0 Å². The molecular formula is C18H16N2O. The fraction of sp³-hybridized carbons (Fsp3) is 0.0556. The molecule has 104 valence electrons. The molecule has 0 fully saturated rings. The number of ether oxygens (including phenoxy) is 1. The first kappa shape index (κ1) is 13.2. The predicted molar refractivity (Wildman–Crippen MR) is 84.9 cm³/mol. The first-order chi connectivity index (χ1) is 10.3. The maximum absolute atomic E-state index is 5.75. The quantitative estimate of drug-likeness (QED) is 0.786. The lowest BCUT2D eigenvalue weighted by Crippen LogP contribution is -1.97. The Labute approximate surface area is 124 Å². The molecule has 0 aliphatic carbocycles. The molecule has 0 aliphatic rings. The number of aromatic nitrogens is 1. The van der Waals surface area contributed by atoms with Crippen LogP contribution in [0.2, 0.25) is 0 Å². The summed E-state index contributed by atoms with van der Waals surface area (Å²) in [6.07, 6.45) is 1.69. The van der Waals surface area contributed by atoms with E-state index in [9.17, 15) is 0 Å². The summed E-state index contributed by atoms with van der Waals surface area (Å²) in [5.74, 6) is 1.35. The van der Waals surface area contributed by atoms with E-state index in [1.54, 1.807) is 6.20 Å². The topological polar surface area (TPSA) is 48.1 Å². The summed E-state index contributed by atoms with van der Waals surface area (Å²) in [6, 6.07) is 22.1. The second kappa shape index (κ2) is 6.09. The molecule has 0 saturated carbocycles. The maximum Gasteiger partial charge on any atom is 0.123 e. The van der Waals surface area contributed by atoms with Crippen LogP contribution in [0.1, 0.15) is 5.56 Å². The van der Waals surface area contributed by atoms with Crippen molar-refractivity contribution in [3.8, 4) is 16.9 Å². The van der Waals surface area contributed by atoms with Crippen LogP contribution < -0.4 is 10.5 Å². The van der Waals surface area contributed by atoms with Gasteiger partial charge in [-0.2, -0.15) is 0 Å². The van der Waals surface area contributed by atoms with Crippen molar-refractivity contribution in [3.63, 3.8) is 0 Å². The van der Waals surface area contributed by atoms with Crippen LogP contribution in [0.15, 0.2) is 72.9 Å². The van der Waals surface area contributed by atoms with E-state index >= 15 is 0 Å². The van der Waals surface area contributed by atoms with Crippen molar-refractivity contribution in [1.82, 2.24) is 4.98 Å². The highest BCUT2D eigenvalue weighted by molar-refractivity contribution is 5.63. The summed E-state index contributed by atoms with van der Waals surface area (Å²) in [6.45, 7) is 0.484. The lowest BCUT2D eigenvalue weighted by Gasteiger charge is -2.08. The zero-order chi connectivity index (χ0) is 14.5. The van der Waals surface area contributed by atoms with Gasteiger partial charge in [0.1, 0.15) is 18.2 Å². The summed E-state index contributed by atoms with van der Waals surface area (Å²) < 4.78 is 5.75. The fourth-order valence-electron chi connectivity index (χ4n) is 2.13. The molecular weight excluding hydrogens is 260 g/mol. The van der Waals surface area contributed by atoms with Crippen LogP contribution in [-0.2, 0) is 6.61 Å². The largest absolute Gasteiger partial charge is 0.489 e. The van der Waals surface area contributed by atoms with Gasteiger partial charge in [0.25, 0.3) is 0 Å². The van der Waals surface area contributed by atoms with Crippen molar-refractivity contribution in [2.75, 3.05) is 5.73 Å². The van der Waals surface area contributed by atoms with E-state index in [2.05, 4.69) is 29.2 Å². The molecule has 0 spiro atoms. The van der Waals surface area contributed by atoms with Crippen LogP contribution in [-0.4, -0.2) is 4.98 Å². The van der Waals surface area contributed by atoms with E-state index in [-0.39, 0.29) is 0 Å². The summed E-state index contributed by atoms with van der Waals surface area (Å²) in [7, 11) is 0. The minimum absolute atomic E-state index is 0.484. The number of hydrogen-bond donors (Lipinski definition) is 1. The van der Waals surface area contributed by atoms with Gasteiger partial charge in [-0.1, -0.05) is 42.5 Å². The van der Waals surface area contributed by atoms with Gasteiger partial charge in [0.15, 0.2) is 0 Å². The van der Waals surface area contributed by atoms with Crippen molar-refractivity contribution in [1.29, 1.82) is 0 Å². The molecule has 3 rings (SSSR count). The SMILES string of the molecule is Nc1cc(COc2ccc(-c3ccccc3)cc2)ccn1. The zero-order valence-electron chi connectivity index (χ0n) is 11.6. The molecule has 2 aromatic carbocycles. The van der Waals surface area contributed by atoms with Gasteiger partial charge < -0.3 is 10.5 Å². The van der Waals surface area contributed by atoms with Crippen LogP contribution in [0, 0.1) is 0 Å². The molecule has 2 N–H and O–H groups in total. The molecule has 0 atom stereocenters. The Morgan fingerprint density at radius 3 is 2.29 bits per heavy atom. The Balaban J connectivity index is 1.68. The van der Waals surface area contributed by atoms with Crippen molar-refractivity contribution in [2.45, 2.75) is 6.61 Å². The Kier molecular flexibility index (Phi) is 3.83. The van der Waals surface area contributed by atoms with E-state index in [0.29, 0.717) is 12.4 Å². The molecule has 3 nitrogen and oxygen atoms in total. The lowest BCUT2D eigenvalue weighted by atomic mass is 10.1. The highest BCUT2D eigenvalue weighted by Crippen LogP contribution is 2.22. The average molecular weight is 276 g/mol. The molecule has 0 aliphatic heterocycles. The monoisotopic (exact) mass is 276 g/mol. The van der Waals surface area contributed by atoms with Crippen LogP contribution in [0.4, 0.5) is 5.82 Å². The highest BCUT2D eigenvalue weighted by Gasteiger charge is 1.99. The van der Waals surface area contributed by atoms with Gasteiger partial charge in [0.05, 0.1) is 0 Å². The molecule has 0 amide bonds. The maximum atomic E-state index is 5.75. The standard InChI is InChI=1S/C18H16N2O/c19-18-12-14(10-11-20-18)13-21-17-8-6-16(7-9-17)15-4-2-1-3-5-15/h1-12H,13H2,(H2,19,20). The molecule has 0 unspecified atom stereocenters. The number of nitrogens with two attached hydrogens (primary N) is 1. The third kappa shape index (κ3) is 3.39. The molecule has 0 bridgehead atoms. The Morgan fingerprint density at radius 2 is 1.57 bits per heavy atom. The van der Waals surface area contributed by atoms with Gasteiger partial charge in [0.2, 0.25) is 0 Å².